The molecule has 0 radical (unpaired) electrons. The van der Waals surface area contributed by atoms with E-state index in [0.29, 0.717) is 34.4 Å². The third-order valence-electron chi connectivity index (χ3n) is 6.38. The number of aliphatic imine (C=N–C) groups is 1. The zero-order valence-electron chi connectivity index (χ0n) is 19.1. The standard InChI is InChI=1S/C24H24FN7O2/c1-13-10-32(12-27-13)18-7-6-17(28-24(18)33-3)22-29-20(21(34-30-22)14-4-5-14)15-11-31(2)23-19(15)16(25)8-9-26-23/h6-12,14,20-21H,4-5H2,1-3H3,(H,29,30)/t20-,21+/m0/s1. The first kappa shape index (κ1) is 20.8. The molecule has 1 fully saturated rings. The van der Waals surface area contributed by atoms with E-state index in [1.54, 1.807) is 13.4 Å². The number of aromatic nitrogens is 5. The Kier molecular flexibility index (Phi) is 4.84. The number of hydroxylamine groups is 1. The van der Waals surface area contributed by atoms with Crippen molar-refractivity contribution in [1.29, 1.82) is 0 Å². The van der Waals surface area contributed by atoms with Gasteiger partial charge in [0.15, 0.2) is 5.84 Å². The minimum atomic E-state index is -0.394. The van der Waals surface area contributed by atoms with Crippen molar-refractivity contribution in [2.45, 2.75) is 31.9 Å². The van der Waals surface area contributed by atoms with Gasteiger partial charge in [0.1, 0.15) is 35.0 Å². The lowest BCUT2D eigenvalue weighted by Gasteiger charge is -2.30. The molecule has 2 aliphatic rings. The highest BCUT2D eigenvalue weighted by atomic mass is 19.1. The lowest BCUT2D eigenvalue weighted by Crippen LogP contribution is -2.40. The van der Waals surface area contributed by atoms with E-state index in [9.17, 15) is 4.39 Å². The molecule has 5 heterocycles. The second-order valence-corrected chi connectivity index (χ2v) is 8.78. The van der Waals surface area contributed by atoms with E-state index in [1.165, 1.54) is 12.3 Å². The molecule has 4 aromatic rings. The molecule has 0 amide bonds. The van der Waals surface area contributed by atoms with Gasteiger partial charge in [-0.1, -0.05) is 0 Å². The van der Waals surface area contributed by atoms with Crippen molar-refractivity contribution in [2.75, 3.05) is 7.11 Å². The molecule has 0 saturated heterocycles. The fourth-order valence-corrected chi connectivity index (χ4v) is 4.56. The fraction of sp³-hybridized carbons (Fsp3) is 0.333. The molecule has 174 valence electrons. The van der Waals surface area contributed by atoms with Gasteiger partial charge < -0.3 is 13.9 Å². The topological polar surface area (TPSA) is 91.4 Å². The van der Waals surface area contributed by atoms with Gasteiger partial charge in [0.2, 0.25) is 5.88 Å². The fourth-order valence-electron chi connectivity index (χ4n) is 4.56. The van der Waals surface area contributed by atoms with E-state index in [0.717, 1.165) is 29.8 Å². The van der Waals surface area contributed by atoms with Crippen LogP contribution in [0.1, 0.15) is 35.8 Å². The molecule has 0 bridgehead atoms. The maximum atomic E-state index is 14.9. The van der Waals surface area contributed by atoms with E-state index in [1.807, 2.05) is 47.6 Å². The van der Waals surface area contributed by atoms with Gasteiger partial charge in [0, 0.05) is 31.2 Å². The Labute approximate surface area is 195 Å². The van der Waals surface area contributed by atoms with Gasteiger partial charge in [-0.05, 0) is 43.9 Å². The molecule has 6 rings (SSSR count). The Bertz CT molecular complexity index is 1420. The first-order valence-electron chi connectivity index (χ1n) is 11.2. The second kappa shape index (κ2) is 7.91. The van der Waals surface area contributed by atoms with Crippen LogP contribution in [0.25, 0.3) is 16.7 Å². The largest absolute Gasteiger partial charge is 0.479 e. The maximum absolute atomic E-state index is 14.9. The van der Waals surface area contributed by atoms with Crippen molar-refractivity contribution in [3.05, 3.63) is 65.9 Å². The number of pyridine rings is 2. The smallest absolute Gasteiger partial charge is 0.238 e. The van der Waals surface area contributed by atoms with Crippen LogP contribution in [0.4, 0.5) is 4.39 Å². The summed E-state index contributed by atoms with van der Waals surface area (Å²) in [4.78, 5) is 24.4. The van der Waals surface area contributed by atoms with Gasteiger partial charge in [-0.25, -0.2) is 24.8 Å². The second-order valence-electron chi connectivity index (χ2n) is 8.78. The highest BCUT2D eigenvalue weighted by Crippen LogP contribution is 2.44. The number of hydrogen-bond acceptors (Lipinski definition) is 7. The summed E-state index contributed by atoms with van der Waals surface area (Å²) in [7, 11) is 3.43. The molecule has 0 spiro atoms. The normalized spacial score (nSPS) is 20.3. The van der Waals surface area contributed by atoms with Gasteiger partial charge in [-0.15, -0.1) is 0 Å². The molecule has 1 saturated carbocycles. The van der Waals surface area contributed by atoms with Gasteiger partial charge in [-0.2, -0.15) is 0 Å². The van der Waals surface area contributed by atoms with Crippen LogP contribution in [-0.2, 0) is 11.9 Å². The minimum Gasteiger partial charge on any atom is -0.479 e. The number of hydrogen-bond donors (Lipinski definition) is 1. The molecule has 2 atom stereocenters. The number of nitrogens with zero attached hydrogens (tertiary/aromatic N) is 6. The van der Waals surface area contributed by atoms with Crippen LogP contribution in [-0.4, -0.2) is 43.1 Å². The predicted molar refractivity (Wildman–Crippen MR) is 123 cm³/mol. The molecule has 0 unspecified atom stereocenters. The summed E-state index contributed by atoms with van der Waals surface area (Å²) in [5, 5.41) is 0.477. The molecule has 34 heavy (non-hydrogen) atoms. The van der Waals surface area contributed by atoms with Crippen LogP contribution >= 0.6 is 0 Å². The number of amidine groups is 1. The molecule has 0 aromatic carbocycles. The van der Waals surface area contributed by atoms with Gasteiger partial charge in [0.05, 0.1) is 24.5 Å². The predicted octanol–water partition coefficient (Wildman–Crippen LogP) is 3.41. The van der Waals surface area contributed by atoms with Crippen molar-refractivity contribution in [1.82, 2.24) is 29.6 Å². The van der Waals surface area contributed by atoms with Crippen LogP contribution in [0.3, 0.4) is 0 Å². The van der Waals surface area contributed by atoms with Crippen molar-refractivity contribution >= 4 is 16.9 Å². The number of aryl methyl sites for hydroxylation is 2. The van der Waals surface area contributed by atoms with Gasteiger partial charge in [-0.3, -0.25) is 9.83 Å². The third kappa shape index (κ3) is 3.41. The molecule has 9 nitrogen and oxygen atoms in total. The monoisotopic (exact) mass is 461 g/mol. The number of rotatable bonds is 5. The van der Waals surface area contributed by atoms with Crippen LogP contribution < -0.4 is 10.2 Å². The van der Waals surface area contributed by atoms with Crippen molar-refractivity contribution < 1.29 is 14.0 Å². The summed E-state index contributed by atoms with van der Waals surface area (Å²) < 4.78 is 24.1. The summed E-state index contributed by atoms with van der Waals surface area (Å²) in [6.45, 7) is 1.92. The van der Waals surface area contributed by atoms with Crippen molar-refractivity contribution in [3.63, 3.8) is 0 Å². The SMILES string of the molecule is COc1nc(C2=N[C@@H](c3cn(C)c4nccc(F)c34)[C@@H](C3CC3)ON2)ccc1-n1cnc(C)c1. The Morgan fingerprint density at radius 2 is 2.03 bits per heavy atom. The minimum absolute atomic E-state index is 0.205. The number of fused-ring (bicyclic) bond motifs is 1. The number of imidazole rings is 1. The molecule has 4 aromatic heterocycles. The highest BCUT2D eigenvalue weighted by molar-refractivity contribution is 5.97. The third-order valence-corrected chi connectivity index (χ3v) is 6.38. The Morgan fingerprint density at radius 3 is 2.76 bits per heavy atom. The first-order valence-corrected chi connectivity index (χ1v) is 11.2. The number of nitrogens with one attached hydrogen (secondary N) is 1. The summed E-state index contributed by atoms with van der Waals surface area (Å²) in [6.07, 6.45) is 8.91. The maximum Gasteiger partial charge on any atom is 0.238 e. The van der Waals surface area contributed by atoms with Gasteiger partial charge in [0.25, 0.3) is 0 Å². The zero-order valence-corrected chi connectivity index (χ0v) is 19.1. The number of halogens is 1. The highest BCUT2D eigenvalue weighted by Gasteiger charge is 2.42. The first-order chi connectivity index (χ1) is 16.5. The lowest BCUT2D eigenvalue weighted by atomic mass is 9.98. The van der Waals surface area contributed by atoms with Crippen LogP contribution in [0.5, 0.6) is 5.88 Å². The summed E-state index contributed by atoms with van der Waals surface area (Å²) >= 11 is 0. The Balaban J connectivity index is 1.44. The van der Waals surface area contributed by atoms with Gasteiger partial charge >= 0.3 is 0 Å². The Morgan fingerprint density at radius 1 is 1.18 bits per heavy atom. The van der Waals surface area contributed by atoms with Crippen molar-refractivity contribution in [2.24, 2.45) is 18.0 Å². The van der Waals surface area contributed by atoms with E-state index in [2.05, 4.69) is 20.4 Å². The summed E-state index contributed by atoms with van der Waals surface area (Å²) in [5.74, 6) is 0.952. The molecular formula is C24H24FN7O2. The zero-order chi connectivity index (χ0) is 23.4. The molecule has 1 aliphatic heterocycles. The van der Waals surface area contributed by atoms with Crippen LogP contribution in [0, 0.1) is 18.7 Å². The number of ether oxygens (including phenoxy) is 1. The molecule has 1 N–H and O–H groups in total. The van der Waals surface area contributed by atoms with E-state index < -0.39 is 6.04 Å². The summed E-state index contributed by atoms with van der Waals surface area (Å²) in [5.41, 5.74) is 6.55. The van der Waals surface area contributed by atoms with Crippen LogP contribution in [0.2, 0.25) is 0 Å². The van der Waals surface area contributed by atoms with E-state index in [-0.39, 0.29) is 11.9 Å². The quantitative estimate of drug-likeness (QED) is 0.490. The van der Waals surface area contributed by atoms with Crippen molar-refractivity contribution in [3.8, 4) is 11.6 Å². The summed E-state index contributed by atoms with van der Waals surface area (Å²) in [6, 6.07) is 4.74. The lowest BCUT2D eigenvalue weighted by molar-refractivity contribution is -0.0290. The van der Waals surface area contributed by atoms with E-state index in [4.69, 9.17) is 14.6 Å². The van der Waals surface area contributed by atoms with E-state index >= 15 is 0 Å². The Hall–Kier alpha value is -3.79. The molecule has 1 aliphatic carbocycles. The van der Waals surface area contributed by atoms with Crippen LogP contribution in [0.15, 0.2) is 48.1 Å². The number of methoxy groups -OCH3 is 1. The molecule has 10 heteroatoms. The molecular weight excluding hydrogens is 437 g/mol. The average molecular weight is 462 g/mol. The average Bonchev–Trinajstić information content (AvgIpc) is 3.52.